The lowest BCUT2D eigenvalue weighted by Gasteiger charge is -2.35. The summed E-state index contributed by atoms with van der Waals surface area (Å²) >= 11 is 0. The fraction of sp³-hybridized carbons (Fsp3) is 0.522. The number of fused-ring (bicyclic) bond motifs is 1. The number of hydrogen-bond donors (Lipinski definition) is 0. The van der Waals surface area contributed by atoms with Crippen LogP contribution in [0, 0.1) is 12.7 Å². The number of nitrogens with zero attached hydrogens (tertiary/aromatic N) is 4. The molecule has 1 fully saturated rings. The molecule has 2 aromatic rings. The second-order valence-corrected chi connectivity index (χ2v) is 8.46. The van der Waals surface area contributed by atoms with E-state index in [2.05, 4.69) is 18.7 Å². The summed E-state index contributed by atoms with van der Waals surface area (Å²) in [6.45, 7) is 8.93. The lowest BCUT2D eigenvalue weighted by Crippen LogP contribution is -2.39. The second kappa shape index (κ2) is 8.19. The van der Waals surface area contributed by atoms with E-state index in [1.54, 1.807) is 17.0 Å². The summed E-state index contributed by atoms with van der Waals surface area (Å²) in [6.07, 6.45) is 3.02. The van der Waals surface area contributed by atoms with Crippen molar-refractivity contribution in [3.8, 4) is 0 Å². The smallest absolute Gasteiger partial charge is 0.232 e. The number of likely N-dealkylation sites (tertiary alicyclic amines) is 1. The van der Waals surface area contributed by atoms with Gasteiger partial charge in [-0.25, -0.2) is 14.4 Å². The normalized spacial score (nSPS) is 19.8. The van der Waals surface area contributed by atoms with Gasteiger partial charge in [0.2, 0.25) is 5.91 Å². The number of aryl methyl sites for hydroxylation is 1. The van der Waals surface area contributed by atoms with Gasteiger partial charge in [0.25, 0.3) is 0 Å². The maximum absolute atomic E-state index is 14.0. The average Bonchev–Trinajstić information content (AvgIpc) is 3.03. The predicted octanol–water partition coefficient (Wildman–Crippen LogP) is 3.64. The minimum atomic E-state index is -0.227. The van der Waals surface area contributed by atoms with E-state index >= 15 is 0 Å². The van der Waals surface area contributed by atoms with Crippen LogP contribution in [0.2, 0.25) is 0 Å². The van der Waals surface area contributed by atoms with Gasteiger partial charge in [-0.2, -0.15) is 0 Å². The molecule has 0 N–H and O–H groups in total. The van der Waals surface area contributed by atoms with Crippen LogP contribution >= 0.6 is 0 Å². The van der Waals surface area contributed by atoms with E-state index < -0.39 is 0 Å². The van der Waals surface area contributed by atoms with E-state index in [4.69, 9.17) is 9.97 Å². The Balaban J connectivity index is 1.58. The molecular formula is C23H29FN4O. The summed E-state index contributed by atoms with van der Waals surface area (Å²) in [4.78, 5) is 26.5. The quantitative estimate of drug-likeness (QED) is 0.774. The van der Waals surface area contributed by atoms with Crippen molar-refractivity contribution in [2.24, 2.45) is 0 Å². The third-order valence-electron chi connectivity index (χ3n) is 6.20. The van der Waals surface area contributed by atoms with Crippen LogP contribution in [0.3, 0.4) is 0 Å². The molecule has 0 unspecified atom stereocenters. The molecule has 2 aliphatic rings. The first-order valence-electron chi connectivity index (χ1n) is 10.6. The third-order valence-corrected chi connectivity index (χ3v) is 6.20. The summed E-state index contributed by atoms with van der Waals surface area (Å²) < 4.78 is 14.0. The van der Waals surface area contributed by atoms with Gasteiger partial charge in [-0.3, -0.25) is 9.69 Å². The lowest BCUT2D eigenvalue weighted by molar-refractivity contribution is -0.117. The van der Waals surface area contributed by atoms with Crippen LogP contribution in [0.4, 0.5) is 10.2 Å². The lowest BCUT2D eigenvalue weighted by atomic mass is 9.96. The van der Waals surface area contributed by atoms with E-state index in [-0.39, 0.29) is 11.7 Å². The molecule has 1 atom stereocenters. The monoisotopic (exact) mass is 396 g/mol. The van der Waals surface area contributed by atoms with Gasteiger partial charge in [-0.1, -0.05) is 18.2 Å². The van der Waals surface area contributed by atoms with Crippen molar-refractivity contribution >= 4 is 11.7 Å². The number of carbonyl (C=O) groups excluding carboxylic acids is 1. The van der Waals surface area contributed by atoms with E-state index in [1.807, 2.05) is 13.0 Å². The number of hydrogen-bond acceptors (Lipinski definition) is 4. The van der Waals surface area contributed by atoms with Crippen LogP contribution in [-0.4, -0.2) is 46.5 Å². The number of amides is 1. The second-order valence-electron chi connectivity index (χ2n) is 8.46. The Morgan fingerprint density at radius 2 is 2.03 bits per heavy atom. The molecule has 29 heavy (non-hydrogen) atoms. The number of piperidine rings is 1. The molecule has 1 saturated heterocycles. The minimum Gasteiger partial charge on any atom is -0.300 e. The number of anilines is 1. The van der Waals surface area contributed by atoms with Gasteiger partial charge >= 0.3 is 0 Å². The van der Waals surface area contributed by atoms with Gasteiger partial charge in [0.15, 0.2) is 0 Å². The topological polar surface area (TPSA) is 49.3 Å². The number of aromatic nitrogens is 2. The molecule has 0 spiro atoms. The molecule has 4 rings (SSSR count). The molecule has 3 heterocycles. The van der Waals surface area contributed by atoms with Crippen LogP contribution in [-0.2, 0) is 17.6 Å². The first kappa shape index (κ1) is 20.0. The Bertz CT molecular complexity index is 914. The summed E-state index contributed by atoms with van der Waals surface area (Å²) in [5.74, 6) is 1.67. The minimum absolute atomic E-state index is 0.0262. The standard InChI is InChI=1S/C23H29FN4O/c1-15(2)27-11-6-8-18(14-27)22-25-16(3)19-13-21(29)28(23(19)26-22)12-10-17-7-4-5-9-20(17)24/h4-5,7,9,15,18H,6,8,10-14H2,1-3H3/t18-/m0/s1. The molecule has 0 aliphatic carbocycles. The zero-order chi connectivity index (χ0) is 20.5. The number of halogens is 1. The van der Waals surface area contributed by atoms with Gasteiger partial charge in [0.05, 0.1) is 6.42 Å². The maximum Gasteiger partial charge on any atom is 0.232 e. The molecule has 0 bridgehead atoms. The van der Waals surface area contributed by atoms with Crippen molar-refractivity contribution in [3.63, 3.8) is 0 Å². The first-order valence-corrected chi connectivity index (χ1v) is 10.6. The molecule has 1 aromatic heterocycles. The predicted molar refractivity (Wildman–Crippen MR) is 112 cm³/mol. The Hall–Kier alpha value is -2.34. The SMILES string of the molecule is Cc1nc([C@H]2CCCN(C(C)C)C2)nc2c1CC(=O)N2CCc1ccccc1F. The van der Waals surface area contributed by atoms with Crippen molar-refractivity contribution in [2.75, 3.05) is 24.5 Å². The Labute approximate surface area is 172 Å². The van der Waals surface area contributed by atoms with Crippen molar-refractivity contribution < 1.29 is 9.18 Å². The van der Waals surface area contributed by atoms with Gasteiger partial charge in [0.1, 0.15) is 17.5 Å². The van der Waals surface area contributed by atoms with Crippen molar-refractivity contribution in [1.29, 1.82) is 0 Å². The van der Waals surface area contributed by atoms with Crippen LogP contribution in [0.1, 0.15) is 55.3 Å². The van der Waals surface area contributed by atoms with E-state index in [0.717, 1.165) is 48.8 Å². The van der Waals surface area contributed by atoms with Gasteiger partial charge in [-0.15, -0.1) is 0 Å². The van der Waals surface area contributed by atoms with E-state index in [0.29, 0.717) is 36.9 Å². The molecule has 1 amide bonds. The molecule has 1 aromatic carbocycles. The Morgan fingerprint density at radius 1 is 1.24 bits per heavy atom. The Kier molecular flexibility index (Phi) is 5.63. The molecule has 0 saturated carbocycles. The largest absolute Gasteiger partial charge is 0.300 e. The van der Waals surface area contributed by atoms with Crippen LogP contribution in [0.25, 0.3) is 0 Å². The molecule has 0 radical (unpaired) electrons. The zero-order valence-corrected chi connectivity index (χ0v) is 17.5. The fourth-order valence-electron chi connectivity index (χ4n) is 4.43. The number of carbonyl (C=O) groups is 1. The fourth-order valence-corrected chi connectivity index (χ4v) is 4.43. The zero-order valence-electron chi connectivity index (χ0n) is 17.5. The van der Waals surface area contributed by atoms with Gasteiger partial charge in [-0.05, 0) is 58.2 Å². The van der Waals surface area contributed by atoms with E-state index in [1.165, 1.54) is 6.07 Å². The van der Waals surface area contributed by atoms with E-state index in [9.17, 15) is 9.18 Å². The summed E-state index contributed by atoms with van der Waals surface area (Å²) in [7, 11) is 0. The van der Waals surface area contributed by atoms with Crippen molar-refractivity contribution in [3.05, 3.63) is 52.7 Å². The van der Waals surface area contributed by atoms with Crippen LogP contribution in [0.15, 0.2) is 24.3 Å². The molecule has 6 heteroatoms. The molecule has 5 nitrogen and oxygen atoms in total. The highest BCUT2D eigenvalue weighted by Gasteiger charge is 2.33. The van der Waals surface area contributed by atoms with Crippen LogP contribution in [0.5, 0.6) is 0 Å². The summed E-state index contributed by atoms with van der Waals surface area (Å²) in [6, 6.07) is 7.25. The number of rotatable bonds is 5. The highest BCUT2D eigenvalue weighted by molar-refractivity contribution is 6.00. The molecule has 154 valence electrons. The van der Waals surface area contributed by atoms with Crippen LogP contribution < -0.4 is 4.90 Å². The third kappa shape index (κ3) is 4.04. The maximum atomic E-state index is 14.0. The van der Waals surface area contributed by atoms with Gasteiger partial charge < -0.3 is 4.90 Å². The molecular weight excluding hydrogens is 367 g/mol. The first-order chi connectivity index (χ1) is 13.9. The van der Waals surface area contributed by atoms with Gasteiger partial charge in [0, 0.05) is 36.3 Å². The molecule has 2 aliphatic heterocycles. The Morgan fingerprint density at radius 3 is 2.79 bits per heavy atom. The summed E-state index contributed by atoms with van der Waals surface area (Å²) in [5, 5.41) is 0. The number of benzene rings is 1. The average molecular weight is 397 g/mol. The highest BCUT2D eigenvalue weighted by atomic mass is 19.1. The van der Waals surface area contributed by atoms with Crippen molar-refractivity contribution in [2.45, 2.75) is 58.4 Å². The summed E-state index contributed by atoms with van der Waals surface area (Å²) in [5.41, 5.74) is 2.44. The van der Waals surface area contributed by atoms with Crippen molar-refractivity contribution in [1.82, 2.24) is 14.9 Å². The highest BCUT2D eigenvalue weighted by Crippen LogP contribution is 2.33.